The Labute approximate surface area is 129 Å². The Morgan fingerprint density at radius 3 is 2.67 bits per heavy atom. The van der Waals surface area contributed by atoms with E-state index in [1.165, 1.54) is 11.3 Å². The SMILES string of the molecule is CCNC(C)c1c(OC)cccc1N(C)CCCCCO. The summed E-state index contributed by atoms with van der Waals surface area (Å²) in [6.45, 7) is 6.48. The zero-order chi connectivity index (χ0) is 15.7. The van der Waals surface area contributed by atoms with Crippen LogP contribution in [0, 0.1) is 0 Å². The highest BCUT2D eigenvalue weighted by atomic mass is 16.5. The molecular formula is C17H30N2O2. The Kier molecular flexibility index (Phi) is 8.16. The molecule has 0 aliphatic heterocycles. The summed E-state index contributed by atoms with van der Waals surface area (Å²) in [7, 11) is 3.85. The maximum absolute atomic E-state index is 8.85. The number of nitrogens with one attached hydrogen (secondary N) is 1. The van der Waals surface area contributed by atoms with Crippen LogP contribution in [0.3, 0.4) is 0 Å². The van der Waals surface area contributed by atoms with Crippen LogP contribution in [0.1, 0.15) is 44.7 Å². The summed E-state index contributed by atoms with van der Waals surface area (Å²) in [4.78, 5) is 2.28. The number of nitrogens with zero attached hydrogens (tertiary/aromatic N) is 1. The maximum Gasteiger partial charge on any atom is 0.125 e. The van der Waals surface area contributed by atoms with Gasteiger partial charge in [0.25, 0.3) is 0 Å². The van der Waals surface area contributed by atoms with Crippen LogP contribution in [0.15, 0.2) is 18.2 Å². The number of hydrogen-bond acceptors (Lipinski definition) is 4. The van der Waals surface area contributed by atoms with Crippen LogP contribution in [0.2, 0.25) is 0 Å². The van der Waals surface area contributed by atoms with Crippen molar-refractivity contribution in [1.29, 1.82) is 0 Å². The third-order valence-corrected chi connectivity index (χ3v) is 3.77. The van der Waals surface area contributed by atoms with Crippen molar-refractivity contribution in [3.05, 3.63) is 23.8 Å². The second-order valence-electron chi connectivity index (χ2n) is 5.38. The molecule has 0 saturated carbocycles. The quantitative estimate of drug-likeness (QED) is 0.651. The van der Waals surface area contributed by atoms with E-state index in [0.29, 0.717) is 0 Å². The molecule has 120 valence electrons. The lowest BCUT2D eigenvalue weighted by Crippen LogP contribution is -2.25. The molecule has 1 aromatic carbocycles. The highest BCUT2D eigenvalue weighted by Crippen LogP contribution is 2.34. The molecule has 4 heteroatoms. The van der Waals surface area contributed by atoms with Crippen molar-refractivity contribution in [2.24, 2.45) is 0 Å². The molecule has 0 bridgehead atoms. The Balaban J connectivity index is 2.88. The highest BCUT2D eigenvalue weighted by molar-refractivity contribution is 5.60. The summed E-state index contributed by atoms with van der Waals surface area (Å²) in [5.74, 6) is 0.933. The lowest BCUT2D eigenvalue weighted by Gasteiger charge is -2.27. The summed E-state index contributed by atoms with van der Waals surface area (Å²) in [5, 5.41) is 12.3. The molecule has 0 amide bonds. The fraction of sp³-hybridized carbons (Fsp3) is 0.647. The number of methoxy groups -OCH3 is 1. The Hall–Kier alpha value is -1.26. The fourth-order valence-corrected chi connectivity index (χ4v) is 2.64. The molecule has 21 heavy (non-hydrogen) atoms. The molecular weight excluding hydrogens is 264 g/mol. The third kappa shape index (κ3) is 5.21. The molecule has 1 atom stereocenters. The van der Waals surface area contributed by atoms with Crippen molar-refractivity contribution in [1.82, 2.24) is 5.32 Å². The zero-order valence-corrected chi connectivity index (χ0v) is 13.9. The molecule has 1 unspecified atom stereocenters. The van der Waals surface area contributed by atoms with Gasteiger partial charge in [0.05, 0.1) is 7.11 Å². The number of aliphatic hydroxyl groups excluding tert-OH is 1. The van der Waals surface area contributed by atoms with Crippen LogP contribution in [0.25, 0.3) is 0 Å². The molecule has 2 N–H and O–H groups in total. The minimum absolute atomic E-state index is 0.251. The van der Waals surface area contributed by atoms with E-state index in [2.05, 4.69) is 37.2 Å². The van der Waals surface area contributed by atoms with E-state index in [9.17, 15) is 0 Å². The first kappa shape index (κ1) is 17.8. The highest BCUT2D eigenvalue weighted by Gasteiger charge is 2.17. The van der Waals surface area contributed by atoms with Crippen LogP contribution in [-0.4, -0.2) is 39.0 Å². The van der Waals surface area contributed by atoms with Crippen molar-refractivity contribution in [2.75, 3.05) is 38.8 Å². The van der Waals surface area contributed by atoms with Crippen molar-refractivity contribution >= 4 is 5.69 Å². The van der Waals surface area contributed by atoms with Crippen LogP contribution in [0.4, 0.5) is 5.69 Å². The second-order valence-corrected chi connectivity index (χ2v) is 5.38. The Morgan fingerprint density at radius 1 is 1.29 bits per heavy atom. The summed E-state index contributed by atoms with van der Waals surface area (Å²) in [6.07, 6.45) is 3.03. The summed E-state index contributed by atoms with van der Waals surface area (Å²) < 4.78 is 5.55. The van der Waals surface area contributed by atoms with Crippen LogP contribution < -0.4 is 15.0 Å². The first-order valence-corrected chi connectivity index (χ1v) is 7.88. The van der Waals surface area contributed by atoms with Crippen molar-refractivity contribution in [3.8, 4) is 5.75 Å². The molecule has 0 spiro atoms. The number of unbranched alkanes of at least 4 members (excludes halogenated alkanes) is 2. The molecule has 0 radical (unpaired) electrons. The van der Waals surface area contributed by atoms with E-state index in [0.717, 1.165) is 38.1 Å². The van der Waals surface area contributed by atoms with Gasteiger partial charge >= 0.3 is 0 Å². The van der Waals surface area contributed by atoms with Gasteiger partial charge < -0.3 is 20.1 Å². The van der Waals surface area contributed by atoms with Gasteiger partial charge in [-0.2, -0.15) is 0 Å². The molecule has 0 fully saturated rings. The minimum atomic E-state index is 0.251. The first-order chi connectivity index (χ1) is 10.2. The zero-order valence-electron chi connectivity index (χ0n) is 13.9. The van der Waals surface area contributed by atoms with Gasteiger partial charge in [0.15, 0.2) is 0 Å². The van der Waals surface area contributed by atoms with Gasteiger partial charge in [-0.25, -0.2) is 0 Å². The number of aliphatic hydroxyl groups is 1. The van der Waals surface area contributed by atoms with Gasteiger partial charge in [-0.3, -0.25) is 0 Å². The Bertz CT molecular complexity index is 410. The van der Waals surface area contributed by atoms with Gasteiger partial charge in [-0.1, -0.05) is 13.0 Å². The fourth-order valence-electron chi connectivity index (χ4n) is 2.64. The number of rotatable bonds is 10. The standard InChI is InChI=1S/C17H30N2O2/c1-5-18-14(2)17-15(10-9-11-16(17)21-4)19(3)12-7-6-8-13-20/h9-11,14,18,20H,5-8,12-13H2,1-4H3. The van der Waals surface area contributed by atoms with Crippen molar-refractivity contribution in [2.45, 2.75) is 39.2 Å². The van der Waals surface area contributed by atoms with E-state index in [-0.39, 0.29) is 12.6 Å². The number of hydrogen-bond donors (Lipinski definition) is 2. The predicted molar refractivity (Wildman–Crippen MR) is 89.3 cm³/mol. The number of ether oxygens (including phenoxy) is 1. The normalized spacial score (nSPS) is 12.2. The molecule has 1 aromatic rings. The molecule has 0 aliphatic carbocycles. The minimum Gasteiger partial charge on any atom is -0.496 e. The lowest BCUT2D eigenvalue weighted by molar-refractivity contribution is 0.283. The molecule has 1 rings (SSSR count). The van der Waals surface area contributed by atoms with Crippen LogP contribution in [0.5, 0.6) is 5.75 Å². The molecule has 4 nitrogen and oxygen atoms in total. The number of anilines is 1. The van der Waals surface area contributed by atoms with Crippen LogP contribution >= 0.6 is 0 Å². The summed E-state index contributed by atoms with van der Waals surface area (Å²) in [5.41, 5.74) is 2.43. The van der Waals surface area contributed by atoms with Crippen molar-refractivity contribution < 1.29 is 9.84 Å². The third-order valence-electron chi connectivity index (χ3n) is 3.77. The van der Waals surface area contributed by atoms with Gasteiger partial charge in [0.2, 0.25) is 0 Å². The van der Waals surface area contributed by atoms with Crippen molar-refractivity contribution in [3.63, 3.8) is 0 Å². The molecule has 0 aromatic heterocycles. The van der Waals surface area contributed by atoms with Gasteiger partial charge in [0.1, 0.15) is 5.75 Å². The van der Waals surface area contributed by atoms with E-state index >= 15 is 0 Å². The summed E-state index contributed by atoms with van der Waals surface area (Å²) >= 11 is 0. The van der Waals surface area contributed by atoms with E-state index in [1.54, 1.807) is 7.11 Å². The molecule has 0 heterocycles. The van der Waals surface area contributed by atoms with Gasteiger partial charge in [-0.15, -0.1) is 0 Å². The largest absolute Gasteiger partial charge is 0.496 e. The van der Waals surface area contributed by atoms with E-state index in [1.807, 2.05) is 12.1 Å². The molecule has 0 aliphatic rings. The maximum atomic E-state index is 8.85. The van der Waals surface area contributed by atoms with E-state index in [4.69, 9.17) is 9.84 Å². The lowest BCUT2D eigenvalue weighted by atomic mass is 10.0. The van der Waals surface area contributed by atoms with Gasteiger partial charge in [0, 0.05) is 37.5 Å². The number of benzene rings is 1. The average Bonchev–Trinajstić information content (AvgIpc) is 2.50. The first-order valence-electron chi connectivity index (χ1n) is 7.88. The average molecular weight is 294 g/mol. The van der Waals surface area contributed by atoms with Crippen LogP contribution in [-0.2, 0) is 0 Å². The topological polar surface area (TPSA) is 44.7 Å². The second kappa shape index (κ2) is 9.64. The summed E-state index contributed by atoms with van der Waals surface area (Å²) in [6, 6.07) is 6.46. The monoisotopic (exact) mass is 294 g/mol. The predicted octanol–water partition coefficient (Wildman–Crippen LogP) is 2.96. The van der Waals surface area contributed by atoms with Gasteiger partial charge in [-0.05, 0) is 44.9 Å². The molecule has 0 saturated heterocycles. The Morgan fingerprint density at radius 2 is 2.05 bits per heavy atom. The van der Waals surface area contributed by atoms with E-state index < -0.39 is 0 Å². The smallest absolute Gasteiger partial charge is 0.125 e.